The second kappa shape index (κ2) is 4.57. The fourth-order valence-corrected chi connectivity index (χ4v) is 1.90. The molecule has 1 amide bonds. The number of hydrogen-bond donors (Lipinski definition) is 2. The van der Waals surface area contributed by atoms with Gasteiger partial charge in [0.2, 0.25) is 5.91 Å². The minimum Gasteiger partial charge on any atom is -0.491 e. The highest BCUT2D eigenvalue weighted by molar-refractivity contribution is 5.85. The van der Waals surface area contributed by atoms with E-state index in [1.165, 1.54) is 12.1 Å². The van der Waals surface area contributed by atoms with Crippen molar-refractivity contribution < 1.29 is 13.9 Å². The molecule has 1 aromatic rings. The molecule has 1 saturated carbocycles. The van der Waals surface area contributed by atoms with Gasteiger partial charge in [0.25, 0.3) is 0 Å². The number of carbonyl (C=O) groups is 1. The van der Waals surface area contributed by atoms with Crippen LogP contribution in [0.4, 0.5) is 4.39 Å². The molecule has 0 aliphatic heterocycles. The molecule has 1 fully saturated rings. The van der Waals surface area contributed by atoms with E-state index in [9.17, 15) is 9.18 Å². The molecular formula is C13H17FN2O2. The standard InChI is InChI=1S/C13H17FN2O2/c1-8-6-10(4-5-11(8)14)18-7-13(16,12(15)17)9-2-3-9/h4-6,9H,2-3,7,16H2,1H3,(H2,15,17). The van der Waals surface area contributed by atoms with Crippen LogP contribution in [0.15, 0.2) is 18.2 Å². The summed E-state index contributed by atoms with van der Waals surface area (Å²) in [6.07, 6.45) is 1.79. The third-order valence-corrected chi connectivity index (χ3v) is 3.37. The summed E-state index contributed by atoms with van der Waals surface area (Å²) in [4.78, 5) is 11.4. The number of primary amides is 1. The van der Waals surface area contributed by atoms with E-state index in [0.29, 0.717) is 11.3 Å². The molecule has 1 aromatic carbocycles. The summed E-state index contributed by atoms with van der Waals surface area (Å²) in [6, 6.07) is 4.41. The van der Waals surface area contributed by atoms with Crippen LogP contribution in [0.5, 0.6) is 5.75 Å². The number of ether oxygens (including phenoxy) is 1. The first-order valence-electron chi connectivity index (χ1n) is 5.91. The molecule has 4 nitrogen and oxygen atoms in total. The molecule has 1 atom stereocenters. The van der Waals surface area contributed by atoms with Gasteiger partial charge in [-0.05, 0) is 49.4 Å². The van der Waals surface area contributed by atoms with Crippen molar-refractivity contribution in [1.29, 1.82) is 0 Å². The summed E-state index contributed by atoms with van der Waals surface area (Å²) in [6.45, 7) is 1.67. The average molecular weight is 252 g/mol. The van der Waals surface area contributed by atoms with E-state index in [1.54, 1.807) is 13.0 Å². The highest BCUT2D eigenvalue weighted by Crippen LogP contribution is 2.38. The Labute approximate surface area is 105 Å². The number of hydrogen-bond acceptors (Lipinski definition) is 3. The van der Waals surface area contributed by atoms with Crippen LogP contribution in [0, 0.1) is 18.7 Å². The van der Waals surface area contributed by atoms with Gasteiger partial charge in [-0.1, -0.05) is 0 Å². The number of nitrogens with two attached hydrogens (primary N) is 2. The first kappa shape index (κ1) is 12.8. The Morgan fingerprint density at radius 3 is 2.72 bits per heavy atom. The Bertz CT molecular complexity index is 474. The highest BCUT2D eigenvalue weighted by Gasteiger charge is 2.47. The Hall–Kier alpha value is -1.62. The van der Waals surface area contributed by atoms with Gasteiger partial charge >= 0.3 is 0 Å². The molecule has 5 heteroatoms. The van der Waals surface area contributed by atoms with Crippen LogP contribution < -0.4 is 16.2 Å². The molecule has 0 heterocycles. The molecule has 0 aromatic heterocycles. The predicted molar refractivity (Wildman–Crippen MR) is 65.5 cm³/mol. The van der Waals surface area contributed by atoms with Gasteiger partial charge in [0.1, 0.15) is 23.7 Å². The second-order valence-electron chi connectivity index (χ2n) is 4.88. The zero-order chi connectivity index (χ0) is 13.3. The Balaban J connectivity index is 2.05. The van der Waals surface area contributed by atoms with Crippen molar-refractivity contribution in [3.05, 3.63) is 29.6 Å². The van der Waals surface area contributed by atoms with Gasteiger partial charge in [-0.2, -0.15) is 0 Å². The number of amides is 1. The molecule has 0 spiro atoms. The van der Waals surface area contributed by atoms with Crippen molar-refractivity contribution in [2.75, 3.05) is 6.61 Å². The van der Waals surface area contributed by atoms with Crippen molar-refractivity contribution in [2.24, 2.45) is 17.4 Å². The maximum atomic E-state index is 13.1. The molecule has 0 bridgehead atoms. The molecule has 2 rings (SSSR count). The summed E-state index contributed by atoms with van der Waals surface area (Å²) in [5.41, 5.74) is 10.7. The van der Waals surface area contributed by atoms with Gasteiger partial charge in [-0.3, -0.25) is 4.79 Å². The molecule has 1 aliphatic rings. The largest absolute Gasteiger partial charge is 0.491 e. The van der Waals surface area contributed by atoms with Crippen LogP contribution in [0.3, 0.4) is 0 Å². The summed E-state index contributed by atoms with van der Waals surface area (Å²) in [7, 11) is 0. The lowest BCUT2D eigenvalue weighted by Gasteiger charge is -2.25. The second-order valence-corrected chi connectivity index (χ2v) is 4.88. The van der Waals surface area contributed by atoms with Crippen molar-refractivity contribution in [1.82, 2.24) is 0 Å². The molecule has 0 radical (unpaired) electrons. The summed E-state index contributed by atoms with van der Waals surface area (Å²) >= 11 is 0. The first-order chi connectivity index (χ1) is 8.43. The molecule has 18 heavy (non-hydrogen) atoms. The Morgan fingerprint density at radius 2 is 2.22 bits per heavy atom. The molecule has 0 saturated heterocycles. The van der Waals surface area contributed by atoms with Crippen molar-refractivity contribution >= 4 is 5.91 Å². The topological polar surface area (TPSA) is 78.3 Å². The van der Waals surface area contributed by atoms with Crippen LogP contribution in [0.1, 0.15) is 18.4 Å². The third-order valence-electron chi connectivity index (χ3n) is 3.37. The van der Waals surface area contributed by atoms with E-state index < -0.39 is 11.4 Å². The van der Waals surface area contributed by atoms with Crippen LogP contribution in [0.25, 0.3) is 0 Å². The lowest BCUT2D eigenvalue weighted by Crippen LogP contribution is -2.58. The molecular weight excluding hydrogens is 235 g/mol. The summed E-state index contributed by atoms with van der Waals surface area (Å²) in [5.74, 6) is -0.260. The van der Waals surface area contributed by atoms with Crippen molar-refractivity contribution in [2.45, 2.75) is 25.3 Å². The number of rotatable bonds is 5. The van der Waals surface area contributed by atoms with Gasteiger partial charge < -0.3 is 16.2 Å². The van der Waals surface area contributed by atoms with E-state index >= 15 is 0 Å². The quantitative estimate of drug-likeness (QED) is 0.823. The summed E-state index contributed by atoms with van der Waals surface area (Å²) < 4.78 is 18.6. The lowest BCUT2D eigenvalue weighted by atomic mass is 9.95. The number of benzene rings is 1. The average Bonchev–Trinajstić information content (AvgIpc) is 3.14. The minimum absolute atomic E-state index is 0.0259. The van der Waals surface area contributed by atoms with Crippen molar-refractivity contribution in [3.8, 4) is 5.75 Å². The normalized spacial score (nSPS) is 18.2. The minimum atomic E-state index is -1.12. The maximum absolute atomic E-state index is 13.1. The zero-order valence-electron chi connectivity index (χ0n) is 10.3. The molecule has 1 aliphatic carbocycles. The number of aryl methyl sites for hydroxylation is 1. The zero-order valence-corrected chi connectivity index (χ0v) is 10.3. The fraction of sp³-hybridized carbons (Fsp3) is 0.462. The molecule has 1 unspecified atom stereocenters. The predicted octanol–water partition coefficient (Wildman–Crippen LogP) is 1.11. The van der Waals surface area contributed by atoms with Gasteiger partial charge in [0.05, 0.1) is 0 Å². The van der Waals surface area contributed by atoms with Crippen LogP contribution >= 0.6 is 0 Å². The van der Waals surface area contributed by atoms with Gasteiger partial charge in [-0.25, -0.2) is 4.39 Å². The van der Waals surface area contributed by atoms with E-state index in [-0.39, 0.29) is 18.3 Å². The Kier molecular flexibility index (Phi) is 3.26. The molecule has 98 valence electrons. The lowest BCUT2D eigenvalue weighted by molar-refractivity contribution is -0.125. The first-order valence-corrected chi connectivity index (χ1v) is 5.91. The van der Waals surface area contributed by atoms with Crippen LogP contribution in [-0.2, 0) is 4.79 Å². The number of carbonyl (C=O) groups excluding carboxylic acids is 1. The van der Waals surface area contributed by atoms with Gasteiger partial charge in [0.15, 0.2) is 0 Å². The monoisotopic (exact) mass is 252 g/mol. The third kappa shape index (κ3) is 2.46. The van der Waals surface area contributed by atoms with E-state index in [4.69, 9.17) is 16.2 Å². The van der Waals surface area contributed by atoms with Crippen molar-refractivity contribution in [3.63, 3.8) is 0 Å². The van der Waals surface area contributed by atoms with E-state index in [2.05, 4.69) is 0 Å². The van der Waals surface area contributed by atoms with Crippen LogP contribution in [-0.4, -0.2) is 18.1 Å². The summed E-state index contributed by atoms with van der Waals surface area (Å²) in [5, 5.41) is 0. The highest BCUT2D eigenvalue weighted by atomic mass is 19.1. The fourth-order valence-electron chi connectivity index (χ4n) is 1.90. The smallest absolute Gasteiger partial charge is 0.241 e. The SMILES string of the molecule is Cc1cc(OCC(N)(C(N)=O)C2CC2)ccc1F. The number of halogens is 1. The molecule has 4 N–H and O–H groups in total. The van der Waals surface area contributed by atoms with Crippen LogP contribution in [0.2, 0.25) is 0 Å². The Morgan fingerprint density at radius 1 is 1.56 bits per heavy atom. The van der Waals surface area contributed by atoms with E-state index in [1.807, 2.05) is 0 Å². The maximum Gasteiger partial charge on any atom is 0.241 e. The van der Waals surface area contributed by atoms with E-state index in [0.717, 1.165) is 12.8 Å². The van der Waals surface area contributed by atoms with Gasteiger partial charge in [-0.15, -0.1) is 0 Å². The van der Waals surface area contributed by atoms with Gasteiger partial charge in [0, 0.05) is 0 Å².